The Morgan fingerprint density at radius 2 is 1.95 bits per heavy atom. The summed E-state index contributed by atoms with van der Waals surface area (Å²) in [4.78, 5) is 32.9. The molecule has 0 aromatic heterocycles. The van der Waals surface area contributed by atoms with Crippen LogP contribution >= 0.6 is 0 Å². The number of hydrogen-bond acceptors (Lipinski definition) is 3. The van der Waals surface area contributed by atoms with E-state index in [9.17, 15) is 14.4 Å². The van der Waals surface area contributed by atoms with Crippen LogP contribution in [0.15, 0.2) is 30.3 Å². The Morgan fingerprint density at radius 1 is 1.24 bits per heavy atom. The first-order chi connectivity index (χ1) is 10.1. The monoisotopic (exact) mass is 292 g/mol. The molecule has 3 N–H and O–H groups in total. The van der Waals surface area contributed by atoms with Crippen LogP contribution in [0.2, 0.25) is 0 Å². The van der Waals surface area contributed by atoms with Crippen LogP contribution in [0.25, 0.3) is 0 Å². The van der Waals surface area contributed by atoms with E-state index in [1.54, 1.807) is 0 Å². The third-order valence-electron chi connectivity index (χ3n) is 3.02. The predicted molar refractivity (Wildman–Crippen MR) is 77.6 cm³/mol. The lowest BCUT2D eigenvalue weighted by molar-refractivity contribution is -0.137. The van der Waals surface area contributed by atoms with Gasteiger partial charge in [-0.05, 0) is 24.8 Å². The van der Waals surface area contributed by atoms with Crippen LogP contribution in [-0.4, -0.2) is 36.0 Å². The Balaban J connectivity index is 2.34. The second-order valence-corrected chi connectivity index (χ2v) is 4.65. The first kappa shape index (κ1) is 16.7. The van der Waals surface area contributed by atoms with Crippen molar-refractivity contribution in [3.63, 3.8) is 0 Å². The molecule has 0 saturated heterocycles. The van der Waals surface area contributed by atoms with E-state index < -0.39 is 12.0 Å². The van der Waals surface area contributed by atoms with Crippen LogP contribution < -0.4 is 10.6 Å². The third-order valence-corrected chi connectivity index (χ3v) is 3.02. The topological polar surface area (TPSA) is 95.5 Å². The number of carboxylic acids is 1. The van der Waals surface area contributed by atoms with Gasteiger partial charge in [-0.1, -0.05) is 30.3 Å². The summed E-state index contributed by atoms with van der Waals surface area (Å²) < 4.78 is 0. The molecule has 0 aliphatic rings. The smallest absolute Gasteiger partial charge is 0.303 e. The van der Waals surface area contributed by atoms with Crippen molar-refractivity contribution in [2.75, 3.05) is 6.54 Å². The SMILES string of the molecule is O=CN[C@@H](CCCC(=O)O)C(=O)NCCc1ccccc1. The summed E-state index contributed by atoms with van der Waals surface area (Å²) in [5.41, 5.74) is 1.11. The second kappa shape index (κ2) is 9.52. The molecular weight excluding hydrogens is 272 g/mol. The fourth-order valence-corrected chi connectivity index (χ4v) is 1.93. The number of benzene rings is 1. The highest BCUT2D eigenvalue weighted by Crippen LogP contribution is 2.02. The summed E-state index contributed by atoms with van der Waals surface area (Å²) in [5.74, 6) is -1.20. The van der Waals surface area contributed by atoms with Crippen molar-refractivity contribution in [1.29, 1.82) is 0 Å². The molecule has 6 heteroatoms. The molecule has 1 aromatic carbocycles. The van der Waals surface area contributed by atoms with E-state index >= 15 is 0 Å². The molecule has 0 fully saturated rings. The normalized spacial score (nSPS) is 11.4. The van der Waals surface area contributed by atoms with Crippen LogP contribution in [0.4, 0.5) is 0 Å². The van der Waals surface area contributed by atoms with E-state index in [1.807, 2.05) is 30.3 Å². The van der Waals surface area contributed by atoms with Gasteiger partial charge in [0, 0.05) is 13.0 Å². The summed E-state index contributed by atoms with van der Waals surface area (Å²) in [6, 6.07) is 9.05. The molecule has 0 heterocycles. The zero-order valence-electron chi connectivity index (χ0n) is 11.7. The lowest BCUT2D eigenvalue weighted by Gasteiger charge is -2.15. The quantitative estimate of drug-likeness (QED) is 0.554. The predicted octanol–water partition coefficient (Wildman–Crippen LogP) is 0.715. The Bertz CT molecular complexity index is 462. The van der Waals surface area contributed by atoms with Gasteiger partial charge in [0.05, 0.1) is 0 Å². The summed E-state index contributed by atoms with van der Waals surface area (Å²) >= 11 is 0. The number of amides is 2. The van der Waals surface area contributed by atoms with Gasteiger partial charge >= 0.3 is 5.97 Å². The van der Waals surface area contributed by atoms with Crippen molar-refractivity contribution in [2.45, 2.75) is 31.7 Å². The third kappa shape index (κ3) is 7.10. The fraction of sp³-hybridized carbons (Fsp3) is 0.400. The van der Waals surface area contributed by atoms with Crippen LogP contribution in [0.1, 0.15) is 24.8 Å². The van der Waals surface area contributed by atoms with E-state index in [0.29, 0.717) is 32.2 Å². The number of carboxylic acid groups (broad SMARTS) is 1. The molecule has 21 heavy (non-hydrogen) atoms. The van der Waals surface area contributed by atoms with E-state index in [4.69, 9.17) is 5.11 Å². The average molecular weight is 292 g/mol. The zero-order valence-corrected chi connectivity index (χ0v) is 11.7. The van der Waals surface area contributed by atoms with Crippen LogP contribution in [-0.2, 0) is 20.8 Å². The summed E-state index contributed by atoms with van der Waals surface area (Å²) in [7, 11) is 0. The number of aliphatic carboxylic acids is 1. The number of carbonyl (C=O) groups is 3. The highest BCUT2D eigenvalue weighted by Gasteiger charge is 2.17. The van der Waals surface area contributed by atoms with Gasteiger partial charge in [-0.2, -0.15) is 0 Å². The minimum atomic E-state index is -0.913. The molecule has 0 aliphatic heterocycles. The lowest BCUT2D eigenvalue weighted by Crippen LogP contribution is -2.44. The molecule has 0 bridgehead atoms. The number of hydrogen-bond donors (Lipinski definition) is 3. The zero-order chi connectivity index (χ0) is 15.5. The van der Waals surface area contributed by atoms with Crippen LogP contribution in [0, 0.1) is 0 Å². The number of rotatable bonds is 10. The van der Waals surface area contributed by atoms with Crippen molar-refractivity contribution >= 4 is 18.3 Å². The first-order valence-corrected chi connectivity index (χ1v) is 6.86. The van der Waals surface area contributed by atoms with Gasteiger partial charge in [0.1, 0.15) is 6.04 Å². The highest BCUT2D eigenvalue weighted by atomic mass is 16.4. The Morgan fingerprint density at radius 3 is 2.57 bits per heavy atom. The summed E-state index contributed by atoms with van der Waals surface area (Å²) in [6.45, 7) is 0.471. The standard InChI is InChI=1S/C15H20N2O4/c18-11-17-13(7-4-8-14(19)20)15(21)16-10-9-12-5-2-1-3-6-12/h1-3,5-6,11,13H,4,7-10H2,(H,16,21)(H,17,18)(H,19,20)/t13-/m0/s1. The Labute approximate surface area is 123 Å². The molecule has 0 spiro atoms. The van der Waals surface area contributed by atoms with Crippen molar-refractivity contribution in [3.8, 4) is 0 Å². The Kier molecular flexibility index (Phi) is 7.56. The highest BCUT2D eigenvalue weighted by molar-refractivity contribution is 5.83. The molecular formula is C15H20N2O4. The molecule has 1 atom stereocenters. The van der Waals surface area contributed by atoms with Crippen molar-refractivity contribution < 1.29 is 19.5 Å². The largest absolute Gasteiger partial charge is 0.481 e. The molecule has 0 unspecified atom stereocenters. The molecule has 114 valence electrons. The first-order valence-electron chi connectivity index (χ1n) is 6.86. The maximum Gasteiger partial charge on any atom is 0.303 e. The second-order valence-electron chi connectivity index (χ2n) is 4.65. The maximum atomic E-state index is 11.9. The van der Waals surface area contributed by atoms with Crippen LogP contribution in [0.3, 0.4) is 0 Å². The van der Waals surface area contributed by atoms with E-state index in [-0.39, 0.29) is 12.3 Å². The number of carbonyl (C=O) groups excluding carboxylic acids is 2. The van der Waals surface area contributed by atoms with Gasteiger partial charge in [-0.15, -0.1) is 0 Å². The maximum absolute atomic E-state index is 11.9. The van der Waals surface area contributed by atoms with Crippen LogP contribution in [0.5, 0.6) is 0 Å². The molecule has 0 aliphatic carbocycles. The summed E-state index contributed by atoms with van der Waals surface area (Å²) in [5, 5.41) is 13.7. The Hall–Kier alpha value is -2.37. The van der Waals surface area contributed by atoms with Gasteiger partial charge in [0.2, 0.25) is 12.3 Å². The average Bonchev–Trinajstić information content (AvgIpc) is 2.47. The van der Waals surface area contributed by atoms with E-state index in [1.165, 1.54) is 0 Å². The van der Waals surface area contributed by atoms with Gasteiger partial charge in [-0.25, -0.2) is 0 Å². The van der Waals surface area contributed by atoms with Crippen molar-refractivity contribution in [2.24, 2.45) is 0 Å². The lowest BCUT2D eigenvalue weighted by atomic mass is 10.1. The molecule has 2 amide bonds. The molecule has 0 radical (unpaired) electrons. The van der Waals surface area contributed by atoms with Gasteiger partial charge in [0.15, 0.2) is 0 Å². The van der Waals surface area contributed by atoms with E-state index in [0.717, 1.165) is 5.56 Å². The molecule has 6 nitrogen and oxygen atoms in total. The molecule has 1 rings (SSSR count). The minimum Gasteiger partial charge on any atom is -0.481 e. The van der Waals surface area contributed by atoms with E-state index in [2.05, 4.69) is 10.6 Å². The van der Waals surface area contributed by atoms with Gasteiger partial charge in [0.25, 0.3) is 0 Å². The molecule has 0 saturated carbocycles. The van der Waals surface area contributed by atoms with Gasteiger partial charge in [-0.3, -0.25) is 14.4 Å². The fourth-order valence-electron chi connectivity index (χ4n) is 1.93. The summed E-state index contributed by atoms with van der Waals surface area (Å²) in [6.07, 6.45) is 1.79. The van der Waals surface area contributed by atoms with Crippen molar-refractivity contribution in [1.82, 2.24) is 10.6 Å². The molecule has 1 aromatic rings. The van der Waals surface area contributed by atoms with Crippen molar-refractivity contribution in [3.05, 3.63) is 35.9 Å². The minimum absolute atomic E-state index is 0.0195. The number of nitrogens with one attached hydrogen (secondary N) is 2. The van der Waals surface area contributed by atoms with Gasteiger partial charge < -0.3 is 15.7 Å².